The maximum atomic E-state index is 10.8. The summed E-state index contributed by atoms with van der Waals surface area (Å²) < 4.78 is 0. The molecule has 2 unspecified atom stereocenters. The lowest BCUT2D eigenvalue weighted by Gasteiger charge is -2.18. The van der Waals surface area contributed by atoms with E-state index in [0.717, 1.165) is 0 Å². The average Bonchev–Trinajstić information content (AvgIpc) is 2.05. The lowest BCUT2D eigenvalue weighted by Crippen LogP contribution is -2.48. The number of carboxylic acid groups (broad SMARTS) is 1. The van der Waals surface area contributed by atoms with Crippen LogP contribution in [0.4, 0.5) is 0 Å². The maximum Gasteiger partial charge on any atom is 0.320 e. The summed E-state index contributed by atoms with van der Waals surface area (Å²) in [4.78, 5) is 21.4. The van der Waals surface area contributed by atoms with Gasteiger partial charge in [0.05, 0.1) is 6.04 Å². The van der Waals surface area contributed by atoms with E-state index in [-0.39, 0.29) is 0 Å². The first kappa shape index (κ1) is 11.9. The van der Waals surface area contributed by atoms with Gasteiger partial charge in [0.25, 0.3) is 0 Å². The van der Waals surface area contributed by atoms with Crippen LogP contribution in [-0.4, -0.2) is 29.1 Å². The number of nitrogens with one attached hydrogen (secondary N) is 1. The van der Waals surface area contributed by atoms with Crippen molar-refractivity contribution in [3.05, 3.63) is 0 Å². The second-order valence-corrected chi connectivity index (χ2v) is 2.83. The van der Waals surface area contributed by atoms with Gasteiger partial charge in [-0.25, -0.2) is 0 Å². The first-order chi connectivity index (χ1) is 6.02. The van der Waals surface area contributed by atoms with Crippen LogP contribution in [0, 0.1) is 0 Å². The molecule has 0 fully saturated rings. The number of primary amides is 1. The monoisotopic (exact) mass is 188 g/mol. The van der Waals surface area contributed by atoms with Crippen LogP contribution in [0.3, 0.4) is 0 Å². The zero-order chi connectivity index (χ0) is 10.4. The Kier molecular flexibility index (Phi) is 5.06. The van der Waals surface area contributed by atoms with E-state index in [4.69, 9.17) is 10.8 Å². The Morgan fingerprint density at radius 3 is 2.00 bits per heavy atom. The molecule has 5 nitrogen and oxygen atoms in total. The fourth-order valence-electron chi connectivity index (χ4n) is 1.01. The second kappa shape index (κ2) is 5.53. The molecule has 0 saturated heterocycles. The summed E-state index contributed by atoms with van der Waals surface area (Å²) >= 11 is 0. The summed E-state index contributed by atoms with van der Waals surface area (Å²) in [5, 5.41) is 11.4. The van der Waals surface area contributed by atoms with Gasteiger partial charge in [0.1, 0.15) is 6.04 Å². The Bertz CT molecular complexity index is 174. The Labute approximate surface area is 77.3 Å². The number of nitrogens with two attached hydrogens (primary N) is 1. The van der Waals surface area contributed by atoms with E-state index < -0.39 is 24.0 Å². The molecule has 0 rings (SSSR count). The molecule has 76 valence electrons. The van der Waals surface area contributed by atoms with E-state index in [1.54, 1.807) is 13.8 Å². The van der Waals surface area contributed by atoms with E-state index in [1.807, 2.05) is 0 Å². The molecule has 0 aromatic heterocycles. The van der Waals surface area contributed by atoms with Gasteiger partial charge in [-0.15, -0.1) is 0 Å². The number of hydrogen-bond donors (Lipinski definition) is 3. The van der Waals surface area contributed by atoms with Gasteiger partial charge >= 0.3 is 5.97 Å². The van der Waals surface area contributed by atoms with Crippen molar-refractivity contribution < 1.29 is 14.7 Å². The van der Waals surface area contributed by atoms with Gasteiger partial charge in [0.15, 0.2) is 0 Å². The molecule has 0 aliphatic rings. The molecule has 5 heteroatoms. The number of aliphatic carboxylic acids is 1. The Hall–Kier alpha value is -1.10. The van der Waals surface area contributed by atoms with Crippen molar-refractivity contribution >= 4 is 11.9 Å². The van der Waals surface area contributed by atoms with Gasteiger partial charge in [-0.05, 0) is 12.8 Å². The van der Waals surface area contributed by atoms with Crippen LogP contribution in [0.1, 0.15) is 26.7 Å². The Morgan fingerprint density at radius 1 is 1.31 bits per heavy atom. The van der Waals surface area contributed by atoms with Gasteiger partial charge < -0.3 is 10.8 Å². The first-order valence-corrected chi connectivity index (χ1v) is 4.31. The minimum atomic E-state index is -0.956. The lowest BCUT2D eigenvalue weighted by atomic mass is 10.1. The summed E-state index contributed by atoms with van der Waals surface area (Å²) in [5.41, 5.74) is 5.06. The average molecular weight is 188 g/mol. The molecule has 2 atom stereocenters. The minimum Gasteiger partial charge on any atom is -0.480 e. The van der Waals surface area contributed by atoms with Gasteiger partial charge in [0, 0.05) is 0 Å². The molecular weight excluding hydrogens is 172 g/mol. The molecule has 0 aliphatic carbocycles. The molecule has 0 spiro atoms. The zero-order valence-electron chi connectivity index (χ0n) is 7.91. The summed E-state index contributed by atoms with van der Waals surface area (Å²) in [5.74, 6) is -1.47. The van der Waals surface area contributed by atoms with Crippen molar-refractivity contribution in [2.75, 3.05) is 0 Å². The van der Waals surface area contributed by atoms with E-state index >= 15 is 0 Å². The number of carbonyl (C=O) groups excluding carboxylic acids is 1. The number of amides is 1. The minimum absolute atomic E-state index is 0.430. The molecule has 1 amide bonds. The third-order valence-electron chi connectivity index (χ3n) is 1.86. The maximum absolute atomic E-state index is 10.8. The van der Waals surface area contributed by atoms with Gasteiger partial charge in [-0.2, -0.15) is 0 Å². The number of rotatable bonds is 6. The highest BCUT2D eigenvalue weighted by Gasteiger charge is 2.21. The zero-order valence-corrected chi connectivity index (χ0v) is 7.91. The molecule has 0 bridgehead atoms. The SMILES string of the molecule is CCC(NC(CC)C(=O)O)C(N)=O. The normalized spacial score (nSPS) is 14.9. The van der Waals surface area contributed by atoms with Crippen LogP contribution in [0.15, 0.2) is 0 Å². The summed E-state index contributed by atoms with van der Waals surface area (Å²) in [7, 11) is 0. The van der Waals surface area contributed by atoms with Crippen molar-refractivity contribution in [1.29, 1.82) is 0 Å². The highest BCUT2D eigenvalue weighted by atomic mass is 16.4. The summed E-state index contributed by atoms with van der Waals surface area (Å²) in [6.45, 7) is 3.51. The molecule has 0 saturated carbocycles. The van der Waals surface area contributed by atoms with Crippen LogP contribution in [0.5, 0.6) is 0 Å². The van der Waals surface area contributed by atoms with Crippen LogP contribution < -0.4 is 11.1 Å². The predicted octanol–water partition coefficient (Wildman–Crippen LogP) is -0.297. The topological polar surface area (TPSA) is 92.4 Å². The molecule has 13 heavy (non-hydrogen) atoms. The fourth-order valence-corrected chi connectivity index (χ4v) is 1.01. The fraction of sp³-hybridized carbons (Fsp3) is 0.750. The summed E-state index contributed by atoms with van der Waals surface area (Å²) in [6, 6.07) is -1.25. The molecule has 4 N–H and O–H groups in total. The molecule has 0 aliphatic heterocycles. The van der Waals surface area contributed by atoms with Gasteiger partial charge in [-0.3, -0.25) is 14.9 Å². The highest BCUT2D eigenvalue weighted by molar-refractivity contribution is 5.81. The third-order valence-corrected chi connectivity index (χ3v) is 1.86. The standard InChI is InChI=1S/C8H16N2O3/c1-3-5(7(9)11)10-6(4-2)8(12)13/h5-6,10H,3-4H2,1-2H3,(H2,9,11)(H,12,13). The van der Waals surface area contributed by atoms with Crippen molar-refractivity contribution in [2.24, 2.45) is 5.73 Å². The molecule has 0 aromatic carbocycles. The number of carbonyl (C=O) groups is 2. The third kappa shape index (κ3) is 3.89. The van der Waals surface area contributed by atoms with Crippen LogP contribution in [0.25, 0.3) is 0 Å². The smallest absolute Gasteiger partial charge is 0.320 e. The number of carboxylic acids is 1. The van der Waals surface area contributed by atoms with Crippen molar-refractivity contribution in [3.63, 3.8) is 0 Å². The van der Waals surface area contributed by atoms with E-state index in [1.165, 1.54) is 0 Å². The van der Waals surface area contributed by atoms with E-state index in [2.05, 4.69) is 5.32 Å². The van der Waals surface area contributed by atoms with Crippen LogP contribution in [0.2, 0.25) is 0 Å². The van der Waals surface area contributed by atoms with Crippen molar-refractivity contribution in [2.45, 2.75) is 38.8 Å². The lowest BCUT2D eigenvalue weighted by molar-refractivity contribution is -0.140. The quantitative estimate of drug-likeness (QED) is 0.533. The van der Waals surface area contributed by atoms with Crippen LogP contribution in [-0.2, 0) is 9.59 Å². The predicted molar refractivity (Wildman–Crippen MR) is 48.1 cm³/mol. The Morgan fingerprint density at radius 2 is 1.77 bits per heavy atom. The largest absolute Gasteiger partial charge is 0.480 e. The Balaban J connectivity index is 4.19. The van der Waals surface area contributed by atoms with E-state index in [9.17, 15) is 9.59 Å². The molecule has 0 heterocycles. The number of hydrogen-bond acceptors (Lipinski definition) is 3. The van der Waals surface area contributed by atoms with E-state index in [0.29, 0.717) is 12.8 Å². The van der Waals surface area contributed by atoms with Crippen LogP contribution >= 0.6 is 0 Å². The highest BCUT2D eigenvalue weighted by Crippen LogP contribution is 1.97. The van der Waals surface area contributed by atoms with Gasteiger partial charge in [-0.1, -0.05) is 13.8 Å². The van der Waals surface area contributed by atoms with Crippen molar-refractivity contribution in [3.8, 4) is 0 Å². The van der Waals surface area contributed by atoms with Gasteiger partial charge in [0.2, 0.25) is 5.91 Å². The summed E-state index contributed by atoms with van der Waals surface area (Å²) in [6.07, 6.45) is 0.929. The molecule has 0 radical (unpaired) electrons. The molecular formula is C8H16N2O3. The first-order valence-electron chi connectivity index (χ1n) is 4.31. The second-order valence-electron chi connectivity index (χ2n) is 2.83. The van der Waals surface area contributed by atoms with Crippen molar-refractivity contribution in [1.82, 2.24) is 5.32 Å². The molecule has 0 aromatic rings.